The Morgan fingerprint density at radius 1 is 1.14 bits per heavy atom. The maximum Gasteiger partial charge on any atom is 0.243 e. The summed E-state index contributed by atoms with van der Waals surface area (Å²) >= 11 is 5.84. The van der Waals surface area contributed by atoms with Gasteiger partial charge in [-0.1, -0.05) is 41.4 Å². The summed E-state index contributed by atoms with van der Waals surface area (Å²) in [5.74, 6) is -0.134. The molecule has 5 nitrogen and oxygen atoms in total. The Labute approximate surface area is 171 Å². The average molecular weight is 421 g/mol. The van der Waals surface area contributed by atoms with Crippen LogP contribution in [0, 0.1) is 12.8 Å². The molecule has 1 aliphatic heterocycles. The molecular formula is C21H25ClN2O3S. The van der Waals surface area contributed by atoms with Gasteiger partial charge in [-0.25, -0.2) is 8.42 Å². The second-order valence-electron chi connectivity index (χ2n) is 7.16. The number of amides is 1. The lowest BCUT2D eigenvalue weighted by atomic mass is 9.97. The van der Waals surface area contributed by atoms with Crippen molar-refractivity contribution < 1.29 is 13.2 Å². The topological polar surface area (TPSA) is 66.5 Å². The van der Waals surface area contributed by atoms with Crippen LogP contribution in [0.4, 0.5) is 0 Å². The molecule has 0 aliphatic carbocycles. The number of carbonyl (C=O) groups excluding carboxylic acids is 1. The van der Waals surface area contributed by atoms with Crippen molar-refractivity contribution >= 4 is 27.5 Å². The van der Waals surface area contributed by atoms with Crippen LogP contribution in [0.1, 0.15) is 24.0 Å². The van der Waals surface area contributed by atoms with Crippen LogP contribution in [-0.4, -0.2) is 38.3 Å². The van der Waals surface area contributed by atoms with Gasteiger partial charge in [-0.15, -0.1) is 0 Å². The van der Waals surface area contributed by atoms with E-state index in [0.717, 1.165) is 6.42 Å². The van der Waals surface area contributed by atoms with Gasteiger partial charge in [0.05, 0.1) is 4.90 Å². The first-order valence-electron chi connectivity index (χ1n) is 9.45. The zero-order valence-corrected chi connectivity index (χ0v) is 17.5. The number of carbonyl (C=O) groups is 1. The Balaban J connectivity index is 1.49. The van der Waals surface area contributed by atoms with Crippen LogP contribution in [0.2, 0.25) is 5.02 Å². The number of halogens is 1. The summed E-state index contributed by atoms with van der Waals surface area (Å²) in [4.78, 5) is 12.7. The highest BCUT2D eigenvalue weighted by molar-refractivity contribution is 7.89. The van der Waals surface area contributed by atoms with Crippen molar-refractivity contribution in [3.8, 4) is 0 Å². The van der Waals surface area contributed by atoms with Crippen molar-refractivity contribution in [1.82, 2.24) is 9.62 Å². The lowest BCUT2D eigenvalue weighted by molar-refractivity contribution is -0.126. The first-order chi connectivity index (χ1) is 13.4. The maximum absolute atomic E-state index is 12.7. The second kappa shape index (κ2) is 9.07. The molecule has 1 heterocycles. The van der Waals surface area contributed by atoms with Gasteiger partial charge in [0.2, 0.25) is 15.9 Å². The number of sulfonamides is 1. The summed E-state index contributed by atoms with van der Waals surface area (Å²) in [6.07, 6.45) is 1.85. The van der Waals surface area contributed by atoms with Gasteiger partial charge in [0.25, 0.3) is 0 Å². The van der Waals surface area contributed by atoms with Gasteiger partial charge in [0, 0.05) is 30.6 Å². The van der Waals surface area contributed by atoms with E-state index < -0.39 is 10.0 Å². The van der Waals surface area contributed by atoms with E-state index in [4.69, 9.17) is 11.6 Å². The van der Waals surface area contributed by atoms with Gasteiger partial charge in [-0.3, -0.25) is 4.79 Å². The standard InChI is InChI=1S/C21H25ClN2O3S/c1-16-3-2-4-17(15-16)9-12-23-21(25)18-10-13-24(14-11-18)28(26,27)20-7-5-19(22)6-8-20/h2-8,15,18H,9-14H2,1H3,(H,23,25). The molecule has 0 spiro atoms. The number of piperidine rings is 1. The van der Waals surface area contributed by atoms with Gasteiger partial charge in [0.1, 0.15) is 0 Å². The molecule has 2 aromatic carbocycles. The fourth-order valence-electron chi connectivity index (χ4n) is 3.46. The molecule has 1 aliphatic rings. The first kappa shape index (κ1) is 20.8. The first-order valence-corrected chi connectivity index (χ1v) is 11.3. The number of benzene rings is 2. The minimum Gasteiger partial charge on any atom is -0.356 e. The van der Waals surface area contributed by atoms with Crippen molar-refractivity contribution in [1.29, 1.82) is 0 Å². The highest BCUT2D eigenvalue weighted by Crippen LogP contribution is 2.24. The van der Waals surface area contributed by atoms with Gasteiger partial charge < -0.3 is 5.32 Å². The lowest BCUT2D eigenvalue weighted by Gasteiger charge is -2.30. The highest BCUT2D eigenvalue weighted by Gasteiger charge is 2.31. The van der Waals surface area contributed by atoms with Crippen LogP contribution < -0.4 is 5.32 Å². The molecule has 1 N–H and O–H groups in total. The minimum atomic E-state index is -3.54. The van der Waals surface area contributed by atoms with E-state index in [9.17, 15) is 13.2 Å². The molecule has 1 fully saturated rings. The molecule has 150 valence electrons. The zero-order valence-electron chi connectivity index (χ0n) is 15.9. The SMILES string of the molecule is Cc1cccc(CCNC(=O)C2CCN(S(=O)(=O)c3ccc(Cl)cc3)CC2)c1. The van der Waals surface area contributed by atoms with E-state index in [2.05, 4.69) is 17.4 Å². The molecule has 0 bridgehead atoms. The molecular weight excluding hydrogens is 396 g/mol. The lowest BCUT2D eigenvalue weighted by Crippen LogP contribution is -2.43. The molecule has 1 amide bonds. The van der Waals surface area contributed by atoms with Crippen LogP contribution in [-0.2, 0) is 21.2 Å². The molecule has 0 radical (unpaired) electrons. The maximum atomic E-state index is 12.7. The molecule has 1 saturated heterocycles. The van der Waals surface area contributed by atoms with E-state index in [0.29, 0.717) is 37.5 Å². The molecule has 3 rings (SSSR count). The summed E-state index contributed by atoms with van der Waals surface area (Å²) in [6.45, 7) is 3.33. The van der Waals surface area contributed by atoms with E-state index in [1.54, 1.807) is 12.1 Å². The third-order valence-electron chi connectivity index (χ3n) is 5.07. The summed E-state index contributed by atoms with van der Waals surface area (Å²) in [6, 6.07) is 14.4. The largest absolute Gasteiger partial charge is 0.356 e. The predicted molar refractivity (Wildman–Crippen MR) is 111 cm³/mol. The molecule has 2 aromatic rings. The second-order valence-corrected chi connectivity index (χ2v) is 9.54. The van der Waals surface area contributed by atoms with Crippen molar-refractivity contribution in [3.63, 3.8) is 0 Å². The molecule has 0 saturated carbocycles. The number of nitrogens with zero attached hydrogens (tertiary/aromatic N) is 1. The van der Waals surface area contributed by atoms with Crippen LogP contribution in [0.3, 0.4) is 0 Å². The molecule has 28 heavy (non-hydrogen) atoms. The fraction of sp³-hybridized carbons (Fsp3) is 0.381. The van der Waals surface area contributed by atoms with E-state index in [-0.39, 0.29) is 16.7 Å². The van der Waals surface area contributed by atoms with Gasteiger partial charge in [0.15, 0.2) is 0 Å². The predicted octanol–water partition coefficient (Wildman–Crippen LogP) is 3.41. The van der Waals surface area contributed by atoms with Crippen LogP contribution in [0.5, 0.6) is 0 Å². The quantitative estimate of drug-likeness (QED) is 0.778. The molecule has 0 unspecified atom stereocenters. The van der Waals surface area contributed by atoms with Crippen LogP contribution >= 0.6 is 11.6 Å². The Morgan fingerprint density at radius 3 is 2.46 bits per heavy atom. The molecule has 7 heteroatoms. The zero-order chi connectivity index (χ0) is 20.1. The monoisotopic (exact) mass is 420 g/mol. The number of aryl methyl sites for hydroxylation is 1. The average Bonchev–Trinajstić information content (AvgIpc) is 2.68. The van der Waals surface area contributed by atoms with Gasteiger partial charge in [-0.2, -0.15) is 4.31 Å². The third kappa shape index (κ3) is 5.13. The highest BCUT2D eigenvalue weighted by atomic mass is 35.5. The van der Waals surface area contributed by atoms with E-state index in [1.165, 1.54) is 27.6 Å². The van der Waals surface area contributed by atoms with E-state index >= 15 is 0 Å². The summed E-state index contributed by atoms with van der Waals surface area (Å²) in [5.41, 5.74) is 2.40. The Morgan fingerprint density at radius 2 is 1.82 bits per heavy atom. The molecule has 0 aromatic heterocycles. The number of nitrogens with one attached hydrogen (secondary N) is 1. The van der Waals surface area contributed by atoms with Crippen molar-refractivity contribution in [2.24, 2.45) is 5.92 Å². The normalized spacial score (nSPS) is 16.1. The Bertz CT molecular complexity index is 921. The Hall–Kier alpha value is -1.89. The van der Waals surface area contributed by atoms with Gasteiger partial charge in [-0.05, 0) is 56.0 Å². The fourth-order valence-corrected chi connectivity index (χ4v) is 5.05. The van der Waals surface area contributed by atoms with Crippen LogP contribution in [0.25, 0.3) is 0 Å². The summed E-state index contributed by atoms with van der Waals surface area (Å²) < 4.78 is 26.9. The summed E-state index contributed by atoms with van der Waals surface area (Å²) in [7, 11) is -3.54. The number of hydrogen-bond donors (Lipinski definition) is 1. The van der Waals surface area contributed by atoms with E-state index in [1.807, 2.05) is 19.1 Å². The smallest absolute Gasteiger partial charge is 0.243 e. The molecule has 0 atom stereocenters. The summed E-state index contributed by atoms with van der Waals surface area (Å²) in [5, 5.41) is 3.49. The third-order valence-corrected chi connectivity index (χ3v) is 7.24. The number of rotatable bonds is 6. The van der Waals surface area contributed by atoms with Gasteiger partial charge >= 0.3 is 0 Å². The number of hydrogen-bond acceptors (Lipinski definition) is 3. The van der Waals surface area contributed by atoms with Crippen molar-refractivity contribution in [2.75, 3.05) is 19.6 Å². The van der Waals surface area contributed by atoms with Crippen molar-refractivity contribution in [2.45, 2.75) is 31.1 Å². The minimum absolute atomic E-state index is 0.0104. The Kier molecular flexibility index (Phi) is 6.75. The van der Waals surface area contributed by atoms with Crippen molar-refractivity contribution in [3.05, 3.63) is 64.7 Å². The van der Waals surface area contributed by atoms with Crippen LogP contribution in [0.15, 0.2) is 53.4 Å².